The minimum Gasteiger partial charge on any atom is -0.258 e. The third-order valence-electron chi connectivity index (χ3n) is 7.30. The maximum atomic E-state index is 13.3. The van der Waals surface area contributed by atoms with Crippen LogP contribution in [0.1, 0.15) is 77.3 Å². The topological polar surface area (TPSA) is 38.7 Å². The predicted molar refractivity (Wildman–Crippen MR) is 105 cm³/mol. The lowest BCUT2D eigenvalue weighted by molar-refractivity contribution is 0.255. The van der Waals surface area contributed by atoms with Crippen LogP contribution in [0.15, 0.2) is 30.6 Å². The van der Waals surface area contributed by atoms with Crippen molar-refractivity contribution in [2.45, 2.75) is 77.6 Å². The molecule has 0 amide bonds. The van der Waals surface area contributed by atoms with Gasteiger partial charge in [-0.3, -0.25) is 4.98 Å². The molecule has 0 bridgehead atoms. The molecule has 0 aliphatic heterocycles. The first-order chi connectivity index (χ1) is 12.6. The van der Waals surface area contributed by atoms with Crippen LogP contribution in [0.25, 0.3) is 0 Å². The van der Waals surface area contributed by atoms with Gasteiger partial charge in [0.2, 0.25) is 0 Å². The maximum Gasteiger partial charge on any atom is 0.141 e. The van der Waals surface area contributed by atoms with Gasteiger partial charge in [0.1, 0.15) is 5.82 Å². The van der Waals surface area contributed by atoms with Crippen LogP contribution in [0.5, 0.6) is 0 Å². The number of rotatable bonds is 5. The highest BCUT2D eigenvalue weighted by Crippen LogP contribution is 2.61. The quantitative estimate of drug-likeness (QED) is 0.711. The lowest BCUT2D eigenvalue weighted by atomic mass is 9.69. The van der Waals surface area contributed by atoms with Gasteiger partial charge in [-0.15, -0.1) is 0 Å². The second-order valence-corrected chi connectivity index (χ2v) is 10.3. The molecule has 27 heavy (non-hydrogen) atoms. The zero-order valence-corrected chi connectivity index (χ0v) is 17.1. The molecule has 0 saturated heterocycles. The second-order valence-electron chi connectivity index (χ2n) is 10.3. The number of aromatic nitrogens is 3. The summed E-state index contributed by atoms with van der Waals surface area (Å²) >= 11 is 0. The van der Waals surface area contributed by atoms with Crippen molar-refractivity contribution in [3.63, 3.8) is 0 Å². The van der Waals surface area contributed by atoms with Crippen LogP contribution in [0.4, 0.5) is 4.39 Å². The summed E-state index contributed by atoms with van der Waals surface area (Å²) in [6.45, 7) is 11.5. The van der Waals surface area contributed by atoms with Crippen LogP contribution in [-0.4, -0.2) is 15.2 Å². The molecule has 2 saturated carbocycles. The lowest BCUT2D eigenvalue weighted by Crippen LogP contribution is -2.33. The van der Waals surface area contributed by atoms with Gasteiger partial charge < -0.3 is 0 Å². The van der Waals surface area contributed by atoms with Crippen molar-refractivity contribution >= 4 is 0 Å². The molecule has 4 rings (SSSR count). The largest absolute Gasteiger partial charge is 0.258 e. The molecule has 3 nitrogen and oxygen atoms in total. The number of hydrogen-bond donors (Lipinski definition) is 0. The molecule has 2 aromatic rings. The van der Waals surface area contributed by atoms with E-state index in [1.54, 1.807) is 0 Å². The second kappa shape index (κ2) is 5.83. The van der Waals surface area contributed by atoms with Crippen molar-refractivity contribution in [3.05, 3.63) is 53.4 Å². The molecule has 2 aliphatic carbocycles. The van der Waals surface area contributed by atoms with E-state index in [2.05, 4.69) is 55.9 Å². The monoisotopic (exact) mass is 367 g/mol. The molecule has 0 unspecified atom stereocenters. The van der Waals surface area contributed by atoms with Crippen LogP contribution < -0.4 is 0 Å². The fourth-order valence-corrected chi connectivity index (χ4v) is 5.00. The van der Waals surface area contributed by atoms with Gasteiger partial charge in [-0.25, -0.2) is 4.39 Å². The van der Waals surface area contributed by atoms with Gasteiger partial charge >= 0.3 is 0 Å². The summed E-state index contributed by atoms with van der Waals surface area (Å²) in [6.07, 6.45) is 8.79. The summed E-state index contributed by atoms with van der Waals surface area (Å²) < 4.78 is 13.3. The van der Waals surface area contributed by atoms with E-state index in [1.165, 1.54) is 30.7 Å². The Morgan fingerprint density at radius 1 is 0.926 bits per heavy atom. The zero-order chi connectivity index (χ0) is 19.5. The minimum absolute atomic E-state index is 0.0244. The first-order valence-corrected chi connectivity index (χ1v) is 10.0. The molecular weight excluding hydrogens is 337 g/mol. The van der Waals surface area contributed by atoms with Crippen LogP contribution >= 0.6 is 0 Å². The highest BCUT2D eigenvalue weighted by atomic mass is 19.1. The zero-order valence-electron chi connectivity index (χ0n) is 17.1. The van der Waals surface area contributed by atoms with E-state index in [0.717, 1.165) is 30.7 Å². The molecule has 4 heteroatoms. The van der Waals surface area contributed by atoms with Crippen LogP contribution in [-0.2, 0) is 17.3 Å². The average molecular weight is 368 g/mol. The number of pyridine rings is 1. The first kappa shape index (κ1) is 18.5. The van der Waals surface area contributed by atoms with Gasteiger partial charge in [0, 0.05) is 16.5 Å². The average Bonchev–Trinajstić information content (AvgIpc) is 3.46. The first-order valence-electron chi connectivity index (χ1n) is 10.0. The van der Waals surface area contributed by atoms with Crippen molar-refractivity contribution in [2.75, 3.05) is 0 Å². The van der Waals surface area contributed by atoms with Gasteiger partial charge in [-0.1, -0.05) is 34.6 Å². The summed E-state index contributed by atoms with van der Waals surface area (Å²) in [5.74, 6) is -0.271. The van der Waals surface area contributed by atoms with Gasteiger partial charge in [0.25, 0.3) is 0 Å². The number of hydrogen-bond acceptors (Lipinski definition) is 3. The summed E-state index contributed by atoms with van der Waals surface area (Å²) in [6, 6.07) is 5.67. The molecule has 0 radical (unpaired) electrons. The Bertz CT molecular complexity index is 841. The van der Waals surface area contributed by atoms with E-state index in [0.29, 0.717) is 0 Å². The van der Waals surface area contributed by atoms with Crippen LogP contribution in [0.2, 0.25) is 0 Å². The van der Waals surface area contributed by atoms with E-state index in [4.69, 9.17) is 0 Å². The lowest BCUT2D eigenvalue weighted by Gasteiger charge is -2.35. The van der Waals surface area contributed by atoms with Crippen molar-refractivity contribution in [3.8, 4) is 0 Å². The minimum atomic E-state index is -0.271. The smallest absolute Gasteiger partial charge is 0.141 e. The normalized spacial score (nSPS) is 20.4. The Hall–Kier alpha value is -1.84. The van der Waals surface area contributed by atoms with Crippen LogP contribution in [0, 0.1) is 16.6 Å². The van der Waals surface area contributed by atoms with Crippen molar-refractivity contribution in [1.29, 1.82) is 0 Å². The molecule has 2 aliphatic rings. The molecule has 0 atom stereocenters. The summed E-state index contributed by atoms with van der Waals surface area (Å²) in [7, 11) is 0. The third-order valence-corrected chi connectivity index (χ3v) is 7.30. The summed E-state index contributed by atoms with van der Waals surface area (Å²) in [5.41, 5.74) is 3.84. The molecule has 0 spiro atoms. The van der Waals surface area contributed by atoms with Gasteiger partial charge in [0.15, 0.2) is 0 Å². The molecule has 144 valence electrons. The third kappa shape index (κ3) is 2.97. The number of halogens is 1. The van der Waals surface area contributed by atoms with Crippen molar-refractivity contribution in [2.24, 2.45) is 10.8 Å². The Balaban J connectivity index is 1.61. The van der Waals surface area contributed by atoms with Crippen molar-refractivity contribution in [1.82, 2.24) is 15.2 Å². The summed E-state index contributed by atoms with van der Waals surface area (Å²) in [5, 5.41) is 8.87. The molecule has 2 heterocycles. The van der Waals surface area contributed by atoms with E-state index in [-0.39, 0.29) is 27.5 Å². The highest BCUT2D eigenvalue weighted by molar-refractivity contribution is 5.33. The Morgan fingerprint density at radius 2 is 1.59 bits per heavy atom. The van der Waals surface area contributed by atoms with E-state index in [9.17, 15) is 4.39 Å². The molecule has 0 N–H and O–H groups in total. The fourth-order valence-electron chi connectivity index (χ4n) is 5.00. The Morgan fingerprint density at radius 3 is 2.11 bits per heavy atom. The molecule has 0 aromatic carbocycles. The SMILES string of the molecule is CC(C)(C)C1(c2cc(CC(C)(C)C3(c4ccc(F)cn4)CC3)cnn2)CC1. The van der Waals surface area contributed by atoms with E-state index >= 15 is 0 Å². The molecule has 2 fully saturated rings. The standard InChI is InChI=1S/C23H30FN3/c1-20(2,3)22(8-9-22)19-12-16(14-26-27-19)13-21(4,5)23(10-11-23)18-7-6-17(24)15-25-18/h6-7,12,14-15H,8-11,13H2,1-5H3. The highest BCUT2D eigenvalue weighted by Gasteiger charge is 2.57. The maximum absolute atomic E-state index is 13.3. The predicted octanol–water partition coefficient (Wildman–Crippen LogP) is 5.39. The number of nitrogens with zero attached hydrogens (tertiary/aromatic N) is 3. The van der Waals surface area contributed by atoms with Gasteiger partial charge in [-0.2, -0.15) is 10.2 Å². The van der Waals surface area contributed by atoms with Crippen LogP contribution in [0.3, 0.4) is 0 Å². The molecular formula is C23H30FN3. The fraction of sp³-hybridized carbons (Fsp3) is 0.609. The summed E-state index contributed by atoms with van der Waals surface area (Å²) in [4.78, 5) is 4.42. The van der Waals surface area contributed by atoms with E-state index in [1.807, 2.05) is 12.3 Å². The van der Waals surface area contributed by atoms with Gasteiger partial charge in [-0.05, 0) is 66.7 Å². The Labute approximate surface area is 161 Å². The van der Waals surface area contributed by atoms with Gasteiger partial charge in [0.05, 0.1) is 18.1 Å². The van der Waals surface area contributed by atoms with Crippen molar-refractivity contribution < 1.29 is 4.39 Å². The molecule has 2 aromatic heterocycles. The Kier molecular flexibility index (Phi) is 4.00. The van der Waals surface area contributed by atoms with E-state index < -0.39 is 0 Å².